The molecule has 3 N–H and O–H groups in total. The molecule has 0 saturated carbocycles. The quantitative estimate of drug-likeness (QED) is 0.687. The van der Waals surface area contributed by atoms with Crippen LogP contribution in [0.25, 0.3) is 0 Å². The summed E-state index contributed by atoms with van der Waals surface area (Å²) in [5.74, 6) is -0.0157. The highest BCUT2D eigenvalue weighted by Gasteiger charge is 2.09. The van der Waals surface area contributed by atoms with Gasteiger partial charge >= 0.3 is 0 Å². The van der Waals surface area contributed by atoms with Crippen LogP contribution in [0, 0.1) is 3.57 Å². The predicted molar refractivity (Wildman–Crippen MR) is 53.1 cm³/mol. The van der Waals surface area contributed by atoms with Gasteiger partial charge in [0, 0.05) is 0 Å². The minimum Gasteiger partial charge on any atom is -0.507 e. The number of aliphatic hydroxyl groups excluding tert-OH is 1. The molecule has 1 aromatic carbocycles. The highest BCUT2D eigenvalue weighted by molar-refractivity contribution is 14.1. The SMILES string of the molecule is CC(O)c1cc(O)c(I)c(O)c1. The molecule has 0 aromatic heterocycles. The largest absolute Gasteiger partial charge is 0.507 e. The molecule has 12 heavy (non-hydrogen) atoms. The van der Waals surface area contributed by atoms with Crippen LogP contribution in [0.4, 0.5) is 0 Å². The Morgan fingerprint density at radius 1 is 1.25 bits per heavy atom. The van der Waals surface area contributed by atoms with E-state index in [9.17, 15) is 10.2 Å². The van der Waals surface area contributed by atoms with Gasteiger partial charge in [-0.15, -0.1) is 0 Å². The molecular weight excluding hydrogens is 271 g/mol. The van der Waals surface area contributed by atoms with Gasteiger partial charge in [-0.2, -0.15) is 0 Å². The number of benzene rings is 1. The van der Waals surface area contributed by atoms with E-state index in [4.69, 9.17) is 5.11 Å². The van der Waals surface area contributed by atoms with Gasteiger partial charge in [-0.1, -0.05) is 0 Å². The van der Waals surface area contributed by atoms with Crippen molar-refractivity contribution in [2.75, 3.05) is 0 Å². The second kappa shape index (κ2) is 3.49. The first-order valence-corrected chi connectivity index (χ1v) is 4.49. The maximum absolute atomic E-state index is 9.25. The number of rotatable bonds is 1. The van der Waals surface area contributed by atoms with Crippen LogP contribution in [-0.2, 0) is 0 Å². The Hall–Kier alpha value is -0.490. The van der Waals surface area contributed by atoms with E-state index in [1.54, 1.807) is 6.92 Å². The van der Waals surface area contributed by atoms with E-state index < -0.39 is 6.10 Å². The lowest BCUT2D eigenvalue weighted by Gasteiger charge is -2.07. The Morgan fingerprint density at radius 3 is 2.00 bits per heavy atom. The van der Waals surface area contributed by atoms with E-state index in [0.717, 1.165) is 0 Å². The van der Waals surface area contributed by atoms with E-state index in [1.165, 1.54) is 12.1 Å². The fourth-order valence-corrected chi connectivity index (χ4v) is 1.17. The third-order valence-electron chi connectivity index (χ3n) is 1.54. The molecule has 66 valence electrons. The normalized spacial score (nSPS) is 12.9. The third-order valence-corrected chi connectivity index (χ3v) is 2.64. The average molecular weight is 280 g/mol. The zero-order valence-electron chi connectivity index (χ0n) is 6.45. The molecule has 0 aliphatic heterocycles. The zero-order valence-corrected chi connectivity index (χ0v) is 8.61. The molecule has 3 nitrogen and oxygen atoms in total. The van der Waals surface area contributed by atoms with Crippen molar-refractivity contribution in [1.82, 2.24) is 0 Å². The Labute approximate surface area is 83.8 Å². The summed E-state index contributed by atoms with van der Waals surface area (Å²) >= 11 is 1.83. The Kier molecular flexibility index (Phi) is 2.79. The predicted octanol–water partition coefficient (Wildman–Crippen LogP) is 1.76. The first kappa shape index (κ1) is 9.60. The van der Waals surface area contributed by atoms with Crippen LogP contribution in [-0.4, -0.2) is 15.3 Å². The van der Waals surface area contributed by atoms with Crippen LogP contribution < -0.4 is 0 Å². The number of halogens is 1. The molecule has 1 aromatic rings. The van der Waals surface area contributed by atoms with Crippen LogP contribution in [0.1, 0.15) is 18.6 Å². The van der Waals surface area contributed by atoms with Crippen molar-refractivity contribution in [3.8, 4) is 11.5 Å². The van der Waals surface area contributed by atoms with E-state index in [-0.39, 0.29) is 11.5 Å². The van der Waals surface area contributed by atoms with Gasteiger partial charge in [0.05, 0.1) is 9.67 Å². The Balaban J connectivity index is 3.21. The number of phenols is 2. The molecule has 0 fully saturated rings. The zero-order chi connectivity index (χ0) is 9.30. The lowest BCUT2D eigenvalue weighted by molar-refractivity contribution is 0.198. The number of phenolic OH excluding ortho intramolecular Hbond substituents is 2. The maximum atomic E-state index is 9.25. The fourth-order valence-electron chi connectivity index (χ4n) is 0.857. The van der Waals surface area contributed by atoms with Crippen LogP contribution in [0.15, 0.2) is 12.1 Å². The van der Waals surface area contributed by atoms with Crippen molar-refractivity contribution in [3.05, 3.63) is 21.3 Å². The summed E-state index contributed by atoms with van der Waals surface area (Å²) in [7, 11) is 0. The average Bonchev–Trinajstić information content (AvgIpc) is 1.99. The van der Waals surface area contributed by atoms with E-state index >= 15 is 0 Å². The minimum absolute atomic E-state index is 0.00787. The van der Waals surface area contributed by atoms with E-state index in [0.29, 0.717) is 9.13 Å². The summed E-state index contributed by atoms with van der Waals surface area (Å²) in [4.78, 5) is 0. The summed E-state index contributed by atoms with van der Waals surface area (Å²) in [5, 5.41) is 27.6. The fraction of sp³-hybridized carbons (Fsp3) is 0.250. The van der Waals surface area contributed by atoms with Gasteiger partial charge in [0.1, 0.15) is 11.5 Å². The van der Waals surface area contributed by atoms with Gasteiger partial charge < -0.3 is 15.3 Å². The third kappa shape index (κ3) is 1.81. The van der Waals surface area contributed by atoms with Crippen LogP contribution in [0.2, 0.25) is 0 Å². The lowest BCUT2D eigenvalue weighted by atomic mass is 10.1. The van der Waals surface area contributed by atoms with Crippen molar-refractivity contribution >= 4 is 22.6 Å². The second-order valence-electron chi connectivity index (χ2n) is 2.55. The highest BCUT2D eigenvalue weighted by Crippen LogP contribution is 2.31. The molecule has 1 atom stereocenters. The molecule has 0 heterocycles. The summed E-state index contributed by atoms with van der Waals surface area (Å²) in [5.41, 5.74) is 0.505. The van der Waals surface area contributed by atoms with Crippen LogP contribution in [0.5, 0.6) is 11.5 Å². The van der Waals surface area contributed by atoms with Gasteiger partial charge in [-0.3, -0.25) is 0 Å². The van der Waals surface area contributed by atoms with Gasteiger partial charge in [-0.25, -0.2) is 0 Å². The van der Waals surface area contributed by atoms with Gasteiger partial charge in [-0.05, 0) is 47.2 Å². The topological polar surface area (TPSA) is 60.7 Å². The molecular formula is C8H9IO3. The van der Waals surface area contributed by atoms with E-state index in [1.807, 2.05) is 22.6 Å². The number of aliphatic hydroxyl groups is 1. The minimum atomic E-state index is -0.682. The molecule has 0 saturated heterocycles. The summed E-state index contributed by atoms with van der Waals surface area (Å²) in [6.45, 7) is 1.57. The Bertz CT molecular complexity index is 273. The molecule has 0 amide bonds. The second-order valence-corrected chi connectivity index (χ2v) is 3.63. The molecule has 0 aliphatic carbocycles. The number of aromatic hydroxyl groups is 2. The summed E-state index contributed by atoms with van der Waals surface area (Å²) in [6, 6.07) is 2.87. The summed E-state index contributed by atoms with van der Waals surface area (Å²) in [6.07, 6.45) is -0.682. The Morgan fingerprint density at radius 2 is 1.67 bits per heavy atom. The number of hydrogen-bond donors (Lipinski definition) is 3. The van der Waals surface area contributed by atoms with Crippen molar-refractivity contribution < 1.29 is 15.3 Å². The van der Waals surface area contributed by atoms with Gasteiger partial charge in [0.2, 0.25) is 0 Å². The smallest absolute Gasteiger partial charge is 0.133 e. The molecule has 0 bridgehead atoms. The molecule has 0 radical (unpaired) electrons. The number of hydrogen-bond acceptors (Lipinski definition) is 3. The molecule has 0 spiro atoms. The van der Waals surface area contributed by atoms with Crippen molar-refractivity contribution in [2.45, 2.75) is 13.0 Å². The summed E-state index contributed by atoms with van der Waals surface area (Å²) < 4.78 is 0.400. The van der Waals surface area contributed by atoms with Crippen molar-refractivity contribution in [2.24, 2.45) is 0 Å². The molecule has 1 unspecified atom stereocenters. The van der Waals surface area contributed by atoms with Crippen molar-refractivity contribution in [1.29, 1.82) is 0 Å². The molecule has 0 aliphatic rings. The first-order valence-electron chi connectivity index (χ1n) is 3.42. The van der Waals surface area contributed by atoms with Crippen LogP contribution in [0.3, 0.4) is 0 Å². The monoisotopic (exact) mass is 280 g/mol. The maximum Gasteiger partial charge on any atom is 0.133 e. The van der Waals surface area contributed by atoms with Crippen LogP contribution >= 0.6 is 22.6 Å². The standard InChI is InChI=1S/C8H9IO3/c1-4(10)5-2-6(11)8(9)7(12)3-5/h2-4,10-12H,1H3. The molecule has 4 heteroatoms. The lowest BCUT2D eigenvalue weighted by Crippen LogP contribution is -1.91. The molecule has 1 rings (SSSR count). The highest BCUT2D eigenvalue weighted by atomic mass is 127. The first-order chi connectivity index (χ1) is 5.52. The van der Waals surface area contributed by atoms with Gasteiger partial charge in [0.15, 0.2) is 0 Å². The van der Waals surface area contributed by atoms with E-state index in [2.05, 4.69) is 0 Å². The van der Waals surface area contributed by atoms with Gasteiger partial charge in [0.25, 0.3) is 0 Å². The van der Waals surface area contributed by atoms with Crippen molar-refractivity contribution in [3.63, 3.8) is 0 Å².